The Balaban J connectivity index is 1.54. The molecule has 4 rings (SSSR count). The van der Waals surface area contributed by atoms with Gasteiger partial charge in [-0.3, -0.25) is 14.5 Å². The molecular weight excluding hydrogens is 347 g/mol. The minimum atomic E-state index is -0.344. The lowest BCUT2D eigenvalue weighted by Crippen LogP contribution is -2.12. The summed E-state index contributed by atoms with van der Waals surface area (Å²) in [5, 5.41) is 9.51. The number of rotatable bonds is 4. The van der Waals surface area contributed by atoms with Crippen molar-refractivity contribution in [3.05, 3.63) is 78.4 Å². The topological polar surface area (TPSA) is 88.5 Å². The number of hydrogen-bond acceptors (Lipinski definition) is 4. The van der Waals surface area contributed by atoms with E-state index in [1.54, 1.807) is 36.7 Å². The number of H-pyrrole nitrogens is 1. The summed E-state index contributed by atoms with van der Waals surface area (Å²) in [6, 6.07) is 9.39. The van der Waals surface area contributed by atoms with Crippen molar-refractivity contribution in [1.82, 2.24) is 24.7 Å². The molecule has 134 valence electrons. The van der Waals surface area contributed by atoms with Crippen molar-refractivity contribution in [3.63, 3.8) is 0 Å². The van der Waals surface area contributed by atoms with Crippen molar-refractivity contribution in [3.8, 4) is 17.1 Å². The molecule has 0 saturated carbocycles. The molecule has 4 aromatic rings. The average Bonchev–Trinajstić information content (AvgIpc) is 3.32. The maximum atomic E-state index is 13.1. The van der Waals surface area contributed by atoms with Crippen molar-refractivity contribution >= 4 is 11.6 Å². The highest BCUT2D eigenvalue weighted by atomic mass is 19.1. The second-order valence-electron chi connectivity index (χ2n) is 5.87. The molecule has 0 aliphatic carbocycles. The van der Waals surface area contributed by atoms with Crippen molar-refractivity contribution < 1.29 is 9.18 Å². The molecule has 0 bridgehead atoms. The van der Waals surface area contributed by atoms with Gasteiger partial charge in [0, 0.05) is 18.0 Å². The summed E-state index contributed by atoms with van der Waals surface area (Å²) in [5.41, 5.74) is 2.10. The molecule has 1 aromatic carbocycles. The fourth-order valence-corrected chi connectivity index (χ4v) is 2.72. The number of nitrogens with zero attached hydrogens (tertiary/aromatic N) is 4. The van der Waals surface area contributed by atoms with Crippen molar-refractivity contribution in [1.29, 1.82) is 0 Å². The van der Waals surface area contributed by atoms with Crippen molar-refractivity contribution in [2.45, 2.75) is 6.92 Å². The number of pyridine rings is 1. The van der Waals surface area contributed by atoms with Crippen LogP contribution in [0.3, 0.4) is 0 Å². The molecule has 0 saturated heterocycles. The first-order chi connectivity index (χ1) is 13.1. The Labute approximate surface area is 153 Å². The number of nitrogens with one attached hydrogen (secondary N) is 2. The van der Waals surface area contributed by atoms with Gasteiger partial charge in [-0.2, -0.15) is 5.10 Å². The molecule has 0 radical (unpaired) electrons. The van der Waals surface area contributed by atoms with Crippen molar-refractivity contribution in [2.24, 2.45) is 0 Å². The van der Waals surface area contributed by atoms with Gasteiger partial charge in [-0.15, -0.1) is 0 Å². The number of benzene rings is 1. The van der Waals surface area contributed by atoms with Gasteiger partial charge in [-0.25, -0.2) is 14.4 Å². The Morgan fingerprint density at radius 3 is 2.59 bits per heavy atom. The fraction of sp³-hybridized carbons (Fsp3) is 0.0526. The lowest BCUT2D eigenvalue weighted by Gasteiger charge is -2.08. The molecule has 8 heteroatoms. The Morgan fingerprint density at radius 1 is 1.11 bits per heavy atom. The zero-order chi connectivity index (χ0) is 18.8. The number of carbonyl (C=O) groups excluding carboxylic acids is 1. The number of anilines is 1. The maximum Gasteiger partial charge on any atom is 0.259 e. The van der Waals surface area contributed by atoms with Crippen molar-refractivity contribution in [2.75, 3.05) is 5.32 Å². The van der Waals surface area contributed by atoms with Crippen LogP contribution in [-0.4, -0.2) is 30.6 Å². The van der Waals surface area contributed by atoms with Crippen LogP contribution in [0, 0.1) is 12.7 Å². The SMILES string of the molecule is Cc1nccn1-c1ccc(NC(=O)c2cn[nH]c2-c2ccc(F)cc2)cn1. The smallest absolute Gasteiger partial charge is 0.259 e. The van der Waals surface area contributed by atoms with E-state index in [1.165, 1.54) is 18.3 Å². The van der Waals surface area contributed by atoms with Gasteiger partial charge in [0.25, 0.3) is 5.91 Å². The lowest BCUT2D eigenvalue weighted by molar-refractivity contribution is 0.102. The van der Waals surface area contributed by atoms with Gasteiger partial charge in [0.15, 0.2) is 0 Å². The minimum absolute atomic E-state index is 0.337. The van der Waals surface area contributed by atoms with Crippen LogP contribution >= 0.6 is 0 Å². The van der Waals surface area contributed by atoms with E-state index in [1.807, 2.05) is 17.7 Å². The van der Waals surface area contributed by atoms with Gasteiger partial charge in [0.05, 0.1) is 29.3 Å². The molecule has 27 heavy (non-hydrogen) atoms. The molecule has 0 spiro atoms. The number of halogens is 1. The molecule has 0 aliphatic heterocycles. The Hall–Kier alpha value is -3.81. The summed E-state index contributed by atoms with van der Waals surface area (Å²) < 4.78 is 15.0. The van der Waals surface area contributed by atoms with Crippen LogP contribution in [0.1, 0.15) is 16.2 Å². The molecule has 1 amide bonds. The molecule has 0 unspecified atom stereocenters. The third-order valence-electron chi connectivity index (χ3n) is 4.10. The van der Waals surface area contributed by atoms with Gasteiger partial charge in [0.1, 0.15) is 17.5 Å². The highest BCUT2D eigenvalue weighted by Crippen LogP contribution is 2.22. The van der Waals surface area contributed by atoms with Crippen LogP contribution in [0.4, 0.5) is 10.1 Å². The maximum absolute atomic E-state index is 13.1. The van der Waals surface area contributed by atoms with E-state index in [0.717, 1.165) is 5.82 Å². The summed E-state index contributed by atoms with van der Waals surface area (Å²) in [4.78, 5) is 21.1. The highest BCUT2D eigenvalue weighted by Gasteiger charge is 2.16. The summed E-state index contributed by atoms with van der Waals surface area (Å²) in [5.74, 6) is 0.847. The van der Waals surface area contributed by atoms with Gasteiger partial charge in [0.2, 0.25) is 0 Å². The largest absolute Gasteiger partial charge is 0.320 e. The van der Waals surface area contributed by atoms with Crippen LogP contribution in [0.2, 0.25) is 0 Å². The number of aryl methyl sites for hydroxylation is 1. The standard InChI is InChI=1S/C19H15FN6O/c1-12-21-8-9-26(12)17-7-6-15(10-22-17)24-19(27)16-11-23-25-18(16)13-2-4-14(20)5-3-13/h2-11H,1H3,(H,23,25)(H,24,27). The number of carbonyl (C=O) groups is 1. The minimum Gasteiger partial charge on any atom is -0.320 e. The van der Waals surface area contributed by atoms with E-state index in [4.69, 9.17) is 0 Å². The predicted molar refractivity (Wildman–Crippen MR) is 98.0 cm³/mol. The molecule has 7 nitrogen and oxygen atoms in total. The average molecular weight is 362 g/mol. The zero-order valence-corrected chi connectivity index (χ0v) is 14.3. The van der Waals surface area contributed by atoms with Gasteiger partial charge < -0.3 is 5.32 Å². The van der Waals surface area contributed by atoms with Crippen LogP contribution < -0.4 is 5.32 Å². The van der Waals surface area contributed by atoms with Crippen LogP contribution in [0.5, 0.6) is 0 Å². The van der Waals surface area contributed by atoms with Gasteiger partial charge in [-0.05, 0) is 43.3 Å². The summed E-state index contributed by atoms with van der Waals surface area (Å²) in [7, 11) is 0. The number of hydrogen-bond donors (Lipinski definition) is 2. The van der Waals surface area contributed by atoms with Crippen LogP contribution in [-0.2, 0) is 0 Å². The fourth-order valence-electron chi connectivity index (χ4n) is 2.72. The normalized spacial score (nSPS) is 10.7. The number of aromatic nitrogens is 5. The van der Waals surface area contributed by atoms with E-state index in [-0.39, 0.29) is 11.7 Å². The van der Waals surface area contributed by atoms with E-state index in [0.29, 0.717) is 28.3 Å². The Morgan fingerprint density at radius 2 is 1.93 bits per heavy atom. The molecule has 0 fully saturated rings. The molecule has 3 heterocycles. The predicted octanol–water partition coefficient (Wildman–Crippen LogP) is 3.36. The van der Waals surface area contributed by atoms with Crippen LogP contribution in [0.25, 0.3) is 17.1 Å². The number of amides is 1. The third-order valence-corrected chi connectivity index (χ3v) is 4.10. The van der Waals surface area contributed by atoms with E-state index >= 15 is 0 Å². The Bertz CT molecular complexity index is 1080. The van der Waals surface area contributed by atoms with Gasteiger partial charge >= 0.3 is 0 Å². The lowest BCUT2D eigenvalue weighted by atomic mass is 10.1. The first kappa shape index (κ1) is 16.6. The van der Waals surface area contributed by atoms with E-state index in [2.05, 4.69) is 25.5 Å². The number of imidazole rings is 1. The van der Waals surface area contributed by atoms with E-state index < -0.39 is 0 Å². The second kappa shape index (κ2) is 6.83. The first-order valence-corrected chi connectivity index (χ1v) is 8.19. The quantitative estimate of drug-likeness (QED) is 0.583. The molecule has 0 atom stereocenters. The highest BCUT2D eigenvalue weighted by molar-refractivity contribution is 6.07. The molecular formula is C19H15FN6O. The van der Waals surface area contributed by atoms with Crippen LogP contribution in [0.15, 0.2) is 61.2 Å². The molecule has 0 aliphatic rings. The Kier molecular flexibility index (Phi) is 4.21. The number of aromatic amines is 1. The molecule has 3 aromatic heterocycles. The monoisotopic (exact) mass is 362 g/mol. The summed E-state index contributed by atoms with van der Waals surface area (Å²) in [6.45, 7) is 1.88. The van der Waals surface area contributed by atoms with Gasteiger partial charge in [-0.1, -0.05) is 0 Å². The second-order valence-corrected chi connectivity index (χ2v) is 5.87. The third kappa shape index (κ3) is 3.32. The first-order valence-electron chi connectivity index (χ1n) is 8.19. The zero-order valence-electron chi connectivity index (χ0n) is 14.3. The summed E-state index contributed by atoms with van der Waals surface area (Å²) >= 11 is 0. The van der Waals surface area contributed by atoms with E-state index in [9.17, 15) is 9.18 Å². The molecule has 2 N–H and O–H groups in total. The summed E-state index contributed by atoms with van der Waals surface area (Å²) in [6.07, 6.45) is 6.52.